The molecule has 0 atom stereocenters. The first-order valence-corrected chi connectivity index (χ1v) is 7.29. The number of imidazole rings is 1. The van der Waals surface area contributed by atoms with Gasteiger partial charge in [-0.05, 0) is 74.3 Å². The molecule has 3 heteroatoms. The van der Waals surface area contributed by atoms with E-state index in [4.69, 9.17) is 0 Å². The van der Waals surface area contributed by atoms with Crippen LogP contribution < -0.4 is 5.32 Å². The molecule has 1 N–H and O–H groups in total. The van der Waals surface area contributed by atoms with E-state index in [0.717, 1.165) is 17.7 Å². The highest BCUT2D eigenvalue weighted by molar-refractivity contribution is 5.79. The molecule has 0 bridgehead atoms. The van der Waals surface area contributed by atoms with E-state index in [0.29, 0.717) is 0 Å². The van der Waals surface area contributed by atoms with E-state index in [9.17, 15) is 0 Å². The maximum atomic E-state index is 4.54. The highest BCUT2D eigenvalue weighted by Crippen LogP contribution is 2.23. The molecule has 3 nitrogen and oxygen atoms in total. The van der Waals surface area contributed by atoms with Crippen LogP contribution in [0.3, 0.4) is 0 Å². The molecular weight excluding hydrogens is 258 g/mol. The number of nitrogens with one attached hydrogen (secondary N) is 1. The van der Waals surface area contributed by atoms with Gasteiger partial charge in [-0.25, -0.2) is 4.98 Å². The van der Waals surface area contributed by atoms with Gasteiger partial charge < -0.3 is 5.32 Å². The molecule has 0 radical (unpaired) electrons. The van der Waals surface area contributed by atoms with Gasteiger partial charge in [-0.2, -0.15) is 0 Å². The molecule has 0 saturated carbocycles. The zero-order valence-electron chi connectivity index (χ0n) is 13.1. The van der Waals surface area contributed by atoms with E-state index >= 15 is 0 Å². The fraction of sp³-hybridized carbons (Fsp3) is 0.278. The van der Waals surface area contributed by atoms with Crippen LogP contribution in [0, 0.1) is 20.8 Å². The summed E-state index contributed by atoms with van der Waals surface area (Å²) in [5.41, 5.74) is 8.60. The molecule has 0 aliphatic heterocycles. The predicted octanol–water partition coefficient (Wildman–Crippen LogP) is 3.67. The summed E-state index contributed by atoms with van der Waals surface area (Å²) in [6, 6.07) is 10.9. The first kappa shape index (κ1) is 13.8. The molecule has 0 fully saturated rings. The summed E-state index contributed by atoms with van der Waals surface area (Å²) in [5.74, 6) is 0. The van der Waals surface area contributed by atoms with E-state index < -0.39 is 0 Å². The number of benzene rings is 2. The van der Waals surface area contributed by atoms with Gasteiger partial charge >= 0.3 is 0 Å². The van der Waals surface area contributed by atoms with Crippen LogP contribution in [-0.2, 0) is 6.54 Å². The maximum Gasteiger partial charge on any atom is 0.100 e. The Labute approximate surface area is 125 Å². The van der Waals surface area contributed by atoms with Crippen LogP contribution >= 0.6 is 0 Å². The molecule has 0 amide bonds. The number of aryl methyl sites for hydroxylation is 3. The third-order valence-electron chi connectivity index (χ3n) is 4.13. The van der Waals surface area contributed by atoms with Gasteiger partial charge in [-0.15, -0.1) is 0 Å². The molecule has 0 unspecified atom stereocenters. The zero-order chi connectivity index (χ0) is 15.0. The summed E-state index contributed by atoms with van der Waals surface area (Å²) in [6.07, 6.45) is 1.91. The Kier molecular flexibility index (Phi) is 3.52. The lowest BCUT2D eigenvalue weighted by Crippen LogP contribution is -2.07. The molecule has 21 heavy (non-hydrogen) atoms. The first-order valence-electron chi connectivity index (χ1n) is 7.29. The van der Waals surface area contributed by atoms with Crippen molar-refractivity contribution in [3.8, 4) is 5.69 Å². The van der Waals surface area contributed by atoms with Gasteiger partial charge in [0.05, 0.1) is 11.0 Å². The van der Waals surface area contributed by atoms with Crippen molar-refractivity contribution < 1.29 is 0 Å². The Bertz CT molecular complexity index is 800. The fourth-order valence-corrected chi connectivity index (χ4v) is 2.69. The van der Waals surface area contributed by atoms with Crippen molar-refractivity contribution in [2.75, 3.05) is 7.05 Å². The second-order valence-corrected chi connectivity index (χ2v) is 5.68. The molecule has 108 valence electrons. The summed E-state index contributed by atoms with van der Waals surface area (Å²) < 4.78 is 2.16. The number of aromatic nitrogens is 2. The molecule has 1 heterocycles. The third-order valence-corrected chi connectivity index (χ3v) is 4.13. The lowest BCUT2D eigenvalue weighted by Gasteiger charge is -2.10. The first-order chi connectivity index (χ1) is 10.1. The predicted molar refractivity (Wildman–Crippen MR) is 88.0 cm³/mol. The summed E-state index contributed by atoms with van der Waals surface area (Å²) >= 11 is 0. The van der Waals surface area contributed by atoms with Crippen molar-refractivity contribution in [1.29, 1.82) is 0 Å². The maximum absolute atomic E-state index is 4.54. The van der Waals surface area contributed by atoms with Crippen LogP contribution in [0.2, 0.25) is 0 Å². The molecule has 3 rings (SSSR count). The largest absolute Gasteiger partial charge is 0.316 e. The van der Waals surface area contributed by atoms with Gasteiger partial charge in [-0.1, -0.05) is 6.07 Å². The Morgan fingerprint density at radius 3 is 2.48 bits per heavy atom. The van der Waals surface area contributed by atoms with Crippen molar-refractivity contribution in [3.05, 3.63) is 58.9 Å². The van der Waals surface area contributed by atoms with Gasteiger partial charge in [0.2, 0.25) is 0 Å². The van der Waals surface area contributed by atoms with Crippen molar-refractivity contribution in [2.24, 2.45) is 0 Å². The topological polar surface area (TPSA) is 29.9 Å². The van der Waals surface area contributed by atoms with Crippen LogP contribution in [0.4, 0.5) is 0 Å². The van der Waals surface area contributed by atoms with Crippen LogP contribution in [0.15, 0.2) is 36.7 Å². The minimum atomic E-state index is 0.898. The zero-order valence-corrected chi connectivity index (χ0v) is 13.1. The van der Waals surface area contributed by atoms with Crippen molar-refractivity contribution in [3.63, 3.8) is 0 Å². The average Bonchev–Trinajstić information content (AvgIpc) is 2.85. The third kappa shape index (κ3) is 2.45. The average molecular weight is 279 g/mol. The Morgan fingerprint density at radius 2 is 1.76 bits per heavy atom. The minimum absolute atomic E-state index is 0.898. The van der Waals surface area contributed by atoms with E-state index in [1.54, 1.807) is 0 Å². The lowest BCUT2D eigenvalue weighted by atomic mass is 10.1. The molecule has 2 aromatic carbocycles. The molecular formula is C18H21N3. The standard InChI is InChI=1S/C18H21N3/c1-12-8-17-18(9-13(12)2)21(11-20-17)16-6-5-15(10-19-4)14(3)7-16/h5-9,11,19H,10H2,1-4H3. The van der Waals surface area contributed by atoms with E-state index in [-0.39, 0.29) is 0 Å². The van der Waals surface area contributed by atoms with Crippen LogP contribution in [-0.4, -0.2) is 16.6 Å². The van der Waals surface area contributed by atoms with Gasteiger partial charge in [-0.3, -0.25) is 4.57 Å². The Hall–Kier alpha value is -2.13. The van der Waals surface area contributed by atoms with E-state index in [2.05, 4.69) is 66.0 Å². The normalized spacial score (nSPS) is 11.2. The van der Waals surface area contributed by atoms with Gasteiger partial charge in [0.25, 0.3) is 0 Å². The fourth-order valence-electron chi connectivity index (χ4n) is 2.69. The van der Waals surface area contributed by atoms with Gasteiger partial charge in [0, 0.05) is 12.2 Å². The summed E-state index contributed by atoms with van der Waals surface area (Å²) in [5, 5.41) is 3.20. The quantitative estimate of drug-likeness (QED) is 0.792. The number of hydrogen-bond acceptors (Lipinski definition) is 2. The van der Waals surface area contributed by atoms with Crippen LogP contribution in [0.5, 0.6) is 0 Å². The van der Waals surface area contributed by atoms with Crippen molar-refractivity contribution in [2.45, 2.75) is 27.3 Å². The number of nitrogens with zero attached hydrogens (tertiary/aromatic N) is 2. The lowest BCUT2D eigenvalue weighted by molar-refractivity contribution is 0.811. The monoisotopic (exact) mass is 279 g/mol. The molecule has 1 aromatic heterocycles. The molecule has 0 aliphatic carbocycles. The van der Waals surface area contributed by atoms with Crippen molar-refractivity contribution >= 4 is 11.0 Å². The Balaban J connectivity index is 2.12. The second-order valence-electron chi connectivity index (χ2n) is 5.68. The molecule has 3 aromatic rings. The highest BCUT2D eigenvalue weighted by atomic mass is 15.0. The highest BCUT2D eigenvalue weighted by Gasteiger charge is 2.08. The number of rotatable bonds is 3. The second kappa shape index (κ2) is 5.34. The number of hydrogen-bond donors (Lipinski definition) is 1. The smallest absolute Gasteiger partial charge is 0.100 e. The van der Waals surface area contributed by atoms with Gasteiger partial charge in [0.1, 0.15) is 6.33 Å². The van der Waals surface area contributed by atoms with E-state index in [1.807, 2.05) is 13.4 Å². The SMILES string of the molecule is CNCc1ccc(-n2cnc3cc(C)c(C)cc32)cc1C. The Morgan fingerprint density at radius 1 is 1.00 bits per heavy atom. The van der Waals surface area contributed by atoms with E-state index in [1.165, 1.54) is 27.8 Å². The molecule has 0 saturated heterocycles. The van der Waals surface area contributed by atoms with Gasteiger partial charge in [0.15, 0.2) is 0 Å². The summed E-state index contributed by atoms with van der Waals surface area (Å²) in [6.45, 7) is 7.33. The minimum Gasteiger partial charge on any atom is -0.316 e. The summed E-state index contributed by atoms with van der Waals surface area (Å²) in [4.78, 5) is 4.54. The molecule has 0 spiro atoms. The number of fused-ring (bicyclic) bond motifs is 1. The molecule has 0 aliphatic rings. The van der Waals surface area contributed by atoms with Crippen molar-refractivity contribution in [1.82, 2.24) is 14.9 Å². The van der Waals surface area contributed by atoms with Crippen LogP contribution in [0.25, 0.3) is 16.7 Å². The summed E-state index contributed by atoms with van der Waals surface area (Å²) in [7, 11) is 1.97. The van der Waals surface area contributed by atoms with Crippen LogP contribution in [0.1, 0.15) is 22.3 Å².